The van der Waals surface area contributed by atoms with Crippen LogP contribution in [0.25, 0.3) is 0 Å². The van der Waals surface area contributed by atoms with Gasteiger partial charge in [-0.25, -0.2) is 4.79 Å². The number of esters is 1. The Kier molecular flexibility index (Phi) is 2.49. The van der Waals surface area contributed by atoms with Gasteiger partial charge >= 0.3 is 5.97 Å². The summed E-state index contributed by atoms with van der Waals surface area (Å²) in [5, 5.41) is 4.55. The molecule has 4 amide bonds. The van der Waals surface area contributed by atoms with Crippen molar-refractivity contribution in [2.24, 2.45) is 35.0 Å². The summed E-state index contributed by atoms with van der Waals surface area (Å²) in [4.78, 5) is 61.1. The smallest absolute Gasteiger partial charge is 0.333 e. The molecule has 8 nitrogen and oxygen atoms in total. The van der Waals surface area contributed by atoms with Crippen molar-refractivity contribution in [2.75, 3.05) is 7.11 Å². The topological polar surface area (TPSA) is 119 Å². The maximum absolute atomic E-state index is 12.3. The van der Waals surface area contributed by atoms with Crippen molar-refractivity contribution in [1.29, 1.82) is 0 Å². The number of carbonyl (C=O) groups excluding carboxylic acids is 5. The van der Waals surface area contributed by atoms with Crippen molar-refractivity contribution < 1.29 is 28.7 Å². The molecule has 5 rings (SSSR count). The zero-order valence-corrected chi connectivity index (χ0v) is 12.4. The van der Waals surface area contributed by atoms with E-state index in [9.17, 15) is 24.0 Å². The summed E-state index contributed by atoms with van der Waals surface area (Å²) in [6.07, 6.45) is 1.56. The van der Waals surface area contributed by atoms with E-state index < -0.39 is 64.6 Å². The Bertz CT molecular complexity index is 696. The summed E-state index contributed by atoms with van der Waals surface area (Å²) >= 11 is 0. The summed E-state index contributed by atoms with van der Waals surface area (Å²) in [5.41, 5.74) is -0.882. The Morgan fingerprint density at radius 1 is 0.957 bits per heavy atom. The molecule has 2 saturated heterocycles. The Morgan fingerprint density at radius 2 is 1.43 bits per heavy atom. The molecule has 2 bridgehead atoms. The fourth-order valence-corrected chi connectivity index (χ4v) is 5.00. The molecule has 2 N–H and O–H groups in total. The van der Waals surface area contributed by atoms with Crippen molar-refractivity contribution in [3.8, 4) is 0 Å². The number of hydrogen-bond donors (Lipinski definition) is 2. The first-order chi connectivity index (χ1) is 10.8. The van der Waals surface area contributed by atoms with Gasteiger partial charge in [0.15, 0.2) is 0 Å². The minimum atomic E-state index is -1.08. The first kappa shape index (κ1) is 14.1. The Morgan fingerprint density at radius 3 is 1.87 bits per heavy atom. The van der Waals surface area contributed by atoms with Gasteiger partial charge in [0.1, 0.15) is 0 Å². The van der Waals surface area contributed by atoms with E-state index in [2.05, 4.69) is 10.6 Å². The average Bonchev–Trinajstić information content (AvgIpc) is 2.97. The van der Waals surface area contributed by atoms with Gasteiger partial charge in [-0.1, -0.05) is 13.0 Å². The van der Waals surface area contributed by atoms with E-state index >= 15 is 0 Å². The van der Waals surface area contributed by atoms with Crippen molar-refractivity contribution in [2.45, 2.75) is 6.92 Å². The third-order valence-corrected chi connectivity index (χ3v) is 5.74. The second-order valence-corrected chi connectivity index (χ2v) is 6.70. The van der Waals surface area contributed by atoms with E-state index in [0.29, 0.717) is 0 Å². The lowest BCUT2D eigenvalue weighted by molar-refractivity contribution is -0.151. The van der Waals surface area contributed by atoms with E-state index in [0.717, 1.165) is 0 Å². The number of allylic oxidation sites excluding steroid dienone is 1. The van der Waals surface area contributed by atoms with E-state index in [1.165, 1.54) is 7.11 Å². The van der Waals surface area contributed by atoms with Crippen LogP contribution in [-0.4, -0.2) is 36.7 Å². The lowest BCUT2D eigenvalue weighted by Gasteiger charge is -2.53. The highest BCUT2D eigenvalue weighted by atomic mass is 16.5. The van der Waals surface area contributed by atoms with Crippen LogP contribution in [0, 0.1) is 35.0 Å². The molecule has 0 radical (unpaired) electrons. The van der Waals surface area contributed by atoms with Gasteiger partial charge in [0.05, 0.1) is 30.8 Å². The maximum Gasteiger partial charge on any atom is 0.333 e. The molecular weight excluding hydrogens is 304 g/mol. The summed E-state index contributed by atoms with van der Waals surface area (Å²) in [5.74, 6) is -6.56. The number of hydrogen-bond acceptors (Lipinski definition) is 6. The molecule has 2 aliphatic heterocycles. The molecule has 0 aromatic heterocycles. The number of carbonyl (C=O) groups is 5. The fraction of sp³-hybridized carbons (Fsp3) is 0.533. The highest BCUT2D eigenvalue weighted by Crippen LogP contribution is 2.63. The number of amides is 4. The molecular formula is C15H14N2O6. The SMILES string of the molecule is COC(=O)C1=CC2(C)[C@H]3C(=O)NC(=O)[C@H]3C1[C@@H]1C(=O)NC(=O)[C@@H]12. The average molecular weight is 318 g/mol. The normalized spacial score (nSPS) is 43.6. The van der Waals surface area contributed by atoms with E-state index in [1.807, 2.05) is 0 Å². The highest BCUT2D eigenvalue weighted by Gasteiger charge is 2.72. The van der Waals surface area contributed by atoms with Crippen LogP contribution in [0.4, 0.5) is 0 Å². The number of methoxy groups -OCH3 is 1. The zero-order valence-electron chi connectivity index (χ0n) is 12.4. The number of ether oxygens (including phenoxy) is 1. The molecule has 3 fully saturated rings. The Balaban J connectivity index is 1.98. The molecule has 0 unspecified atom stereocenters. The second-order valence-electron chi connectivity index (χ2n) is 6.70. The van der Waals surface area contributed by atoms with Gasteiger partial charge in [-0.3, -0.25) is 29.8 Å². The van der Waals surface area contributed by atoms with Crippen LogP contribution in [0.5, 0.6) is 0 Å². The minimum absolute atomic E-state index is 0.201. The molecule has 2 heterocycles. The summed E-state index contributed by atoms with van der Waals surface area (Å²) in [6.45, 7) is 1.65. The molecule has 5 aliphatic rings. The van der Waals surface area contributed by atoms with Gasteiger partial charge in [-0.05, 0) is 0 Å². The first-order valence-electron chi connectivity index (χ1n) is 7.31. The lowest BCUT2D eigenvalue weighted by Crippen LogP contribution is -2.58. The standard InChI is InChI=1S/C15H14N2O6/c1-15-3-4(14(22)23-2)5(6-8(15)12(20)16-10(6)18)7-9(15)13(21)17-11(7)19/h3,5-9H,1-2H3,(H,16,18,20)(H,17,19,21)/t5?,6-,7-,8+,9+,15?/m0/s1. The van der Waals surface area contributed by atoms with Gasteiger partial charge in [0.25, 0.3) is 0 Å². The second kappa shape index (κ2) is 4.06. The molecule has 23 heavy (non-hydrogen) atoms. The van der Waals surface area contributed by atoms with Crippen LogP contribution in [-0.2, 0) is 28.7 Å². The molecule has 1 saturated carbocycles. The summed E-state index contributed by atoms with van der Waals surface area (Å²) < 4.78 is 4.77. The third-order valence-electron chi connectivity index (χ3n) is 5.74. The molecule has 0 aromatic rings. The van der Waals surface area contributed by atoms with E-state index in [4.69, 9.17) is 4.74 Å². The molecule has 120 valence electrons. The van der Waals surface area contributed by atoms with Crippen LogP contribution in [0.2, 0.25) is 0 Å². The zero-order chi connectivity index (χ0) is 16.7. The van der Waals surface area contributed by atoms with E-state index in [1.54, 1.807) is 13.0 Å². The Labute approximate surface area is 130 Å². The van der Waals surface area contributed by atoms with Crippen molar-refractivity contribution in [3.63, 3.8) is 0 Å². The number of nitrogens with one attached hydrogen (secondary N) is 2. The molecule has 8 heteroatoms. The van der Waals surface area contributed by atoms with Crippen LogP contribution >= 0.6 is 0 Å². The maximum atomic E-state index is 12.3. The largest absolute Gasteiger partial charge is 0.466 e. The number of rotatable bonds is 1. The van der Waals surface area contributed by atoms with Crippen LogP contribution in [0.3, 0.4) is 0 Å². The quantitative estimate of drug-likeness (QED) is 0.449. The Hall–Kier alpha value is -2.51. The molecule has 4 atom stereocenters. The van der Waals surface area contributed by atoms with Gasteiger partial charge in [0, 0.05) is 16.9 Å². The van der Waals surface area contributed by atoms with Crippen LogP contribution in [0.1, 0.15) is 6.92 Å². The number of imide groups is 2. The summed E-state index contributed by atoms with van der Waals surface area (Å²) in [6, 6.07) is 0. The minimum Gasteiger partial charge on any atom is -0.466 e. The van der Waals surface area contributed by atoms with E-state index in [-0.39, 0.29) is 5.57 Å². The lowest BCUT2D eigenvalue weighted by atomic mass is 9.45. The molecule has 0 aromatic carbocycles. The van der Waals surface area contributed by atoms with Crippen molar-refractivity contribution in [3.05, 3.63) is 11.6 Å². The highest BCUT2D eigenvalue weighted by molar-refractivity contribution is 6.13. The van der Waals surface area contributed by atoms with Gasteiger partial charge in [0.2, 0.25) is 23.6 Å². The molecule has 0 spiro atoms. The monoisotopic (exact) mass is 318 g/mol. The van der Waals surface area contributed by atoms with Crippen LogP contribution in [0.15, 0.2) is 11.6 Å². The van der Waals surface area contributed by atoms with Gasteiger partial charge < -0.3 is 4.74 Å². The summed E-state index contributed by atoms with van der Waals surface area (Å²) in [7, 11) is 1.21. The fourth-order valence-electron chi connectivity index (χ4n) is 5.00. The van der Waals surface area contributed by atoms with Crippen molar-refractivity contribution in [1.82, 2.24) is 10.6 Å². The van der Waals surface area contributed by atoms with Crippen molar-refractivity contribution >= 4 is 29.6 Å². The van der Waals surface area contributed by atoms with Gasteiger partial charge in [-0.15, -0.1) is 0 Å². The predicted molar refractivity (Wildman–Crippen MR) is 72.0 cm³/mol. The molecule has 3 aliphatic carbocycles. The van der Waals surface area contributed by atoms with Crippen LogP contribution < -0.4 is 10.6 Å². The predicted octanol–water partition coefficient (Wildman–Crippen LogP) is -1.49. The first-order valence-corrected chi connectivity index (χ1v) is 7.31. The third kappa shape index (κ3) is 1.43. The van der Waals surface area contributed by atoms with Gasteiger partial charge in [-0.2, -0.15) is 0 Å².